The minimum Gasteiger partial charge on any atom is -0.480 e. The van der Waals surface area contributed by atoms with E-state index >= 15 is 0 Å². The second-order valence-electron chi connectivity index (χ2n) is 4.00. The molecule has 0 fully saturated rings. The zero-order chi connectivity index (χ0) is 14.8. The molecule has 0 aromatic rings. The molecule has 0 aromatic carbocycles. The van der Waals surface area contributed by atoms with Crippen LogP contribution in [-0.2, 0) is 9.59 Å². The highest BCUT2D eigenvalue weighted by Gasteiger charge is 2.22. The van der Waals surface area contributed by atoms with E-state index in [4.69, 9.17) is 15.9 Å². The third kappa shape index (κ3) is 7.24. The van der Waals surface area contributed by atoms with Crippen molar-refractivity contribution in [3.63, 3.8) is 0 Å². The highest BCUT2D eigenvalue weighted by Crippen LogP contribution is 2.00. The lowest BCUT2D eigenvalue weighted by atomic mass is 10.1. The number of hydrogen-bond acceptors (Lipinski definition) is 4. The summed E-state index contributed by atoms with van der Waals surface area (Å²) in [7, 11) is 0. The maximum atomic E-state index is 11.8. The number of urea groups is 1. The number of carboxylic acids is 1. The molecule has 3 amide bonds. The van der Waals surface area contributed by atoms with Crippen molar-refractivity contribution in [1.82, 2.24) is 10.2 Å². The Morgan fingerprint density at radius 2 is 2.00 bits per heavy atom. The Kier molecular flexibility index (Phi) is 8.27. The van der Waals surface area contributed by atoms with Crippen molar-refractivity contribution in [2.45, 2.75) is 32.2 Å². The summed E-state index contributed by atoms with van der Waals surface area (Å²) in [5.74, 6) is -1.83. The largest absolute Gasteiger partial charge is 0.480 e. The van der Waals surface area contributed by atoms with Gasteiger partial charge in [-0.05, 0) is 19.8 Å². The molecule has 8 nitrogen and oxygen atoms in total. The zero-order valence-corrected chi connectivity index (χ0v) is 11.0. The number of rotatable bonds is 9. The van der Waals surface area contributed by atoms with Crippen LogP contribution in [0.3, 0.4) is 0 Å². The molecular weight excluding hydrogens is 254 g/mol. The number of amides is 3. The summed E-state index contributed by atoms with van der Waals surface area (Å²) < 4.78 is 0. The average molecular weight is 275 g/mol. The maximum absolute atomic E-state index is 11.8. The van der Waals surface area contributed by atoms with Gasteiger partial charge in [-0.1, -0.05) is 0 Å². The molecule has 0 unspecified atom stereocenters. The van der Waals surface area contributed by atoms with Crippen LogP contribution in [0, 0.1) is 0 Å². The average Bonchev–Trinajstić information content (AvgIpc) is 2.34. The summed E-state index contributed by atoms with van der Waals surface area (Å²) in [4.78, 5) is 34.7. The van der Waals surface area contributed by atoms with E-state index in [2.05, 4.69) is 5.32 Å². The Balaban J connectivity index is 4.42. The lowest BCUT2D eigenvalue weighted by Gasteiger charge is -2.23. The monoisotopic (exact) mass is 275 g/mol. The van der Waals surface area contributed by atoms with Crippen molar-refractivity contribution in [3.8, 4) is 0 Å². The fourth-order valence-electron chi connectivity index (χ4n) is 1.45. The third-order valence-electron chi connectivity index (χ3n) is 2.53. The van der Waals surface area contributed by atoms with Crippen molar-refractivity contribution in [2.24, 2.45) is 5.73 Å². The van der Waals surface area contributed by atoms with E-state index in [1.54, 1.807) is 6.92 Å². The van der Waals surface area contributed by atoms with Gasteiger partial charge >= 0.3 is 12.0 Å². The molecule has 0 bridgehead atoms. The zero-order valence-electron chi connectivity index (χ0n) is 11.0. The van der Waals surface area contributed by atoms with Crippen molar-refractivity contribution in [1.29, 1.82) is 0 Å². The number of carbonyl (C=O) groups excluding carboxylic acids is 2. The van der Waals surface area contributed by atoms with E-state index < -0.39 is 23.9 Å². The molecule has 0 aliphatic carbocycles. The minimum absolute atomic E-state index is 0.0477. The van der Waals surface area contributed by atoms with Crippen molar-refractivity contribution >= 4 is 17.9 Å². The van der Waals surface area contributed by atoms with Gasteiger partial charge in [0.2, 0.25) is 5.91 Å². The molecule has 0 saturated heterocycles. The van der Waals surface area contributed by atoms with Crippen LogP contribution in [0.5, 0.6) is 0 Å². The van der Waals surface area contributed by atoms with Gasteiger partial charge in [-0.2, -0.15) is 0 Å². The predicted molar refractivity (Wildman–Crippen MR) is 67.3 cm³/mol. The second-order valence-corrected chi connectivity index (χ2v) is 4.00. The maximum Gasteiger partial charge on any atom is 0.326 e. The Labute approximate surface area is 111 Å². The molecular formula is C11H21N3O5. The van der Waals surface area contributed by atoms with Gasteiger partial charge in [-0.15, -0.1) is 0 Å². The summed E-state index contributed by atoms with van der Waals surface area (Å²) >= 11 is 0. The number of nitrogens with zero attached hydrogens (tertiary/aromatic N) is 1. The summed E-state index contributed by atoms with van der Waals surface area (Å²) in [6, 6.07) is -1.68. The molecule has 19 heavy (non-hydrogen) atoms. The van der Waals surface area contributed by atoms with Crippen LogP contribution in [0.1, 0.15) is 26.2 Å². The molecule has 8 heteroatoms. The molecule has 0 heterocycles. The summed E-state index contributed by atoms with van der Waals surface area (Å²) in [5.41, 5.74) is 4.94. The number of aliphatic hydroxyl groups excluding tert-OH is 1. The number of carboxylic acid groups (broad SMARTS) is 1. The molecule has 0 rings (SSSR count). The van der Waals surface area contributed by atoms with E-state index in [9.17, 15) is 14.4 Å². The number of aliphatic carboxylic acids is 1. The van der Waals surface area contributed by atoms with E-state index in [0.29, 0.717) is 19.5 Å². The first kappa shape index (κ1) is 17.2. The summed E-state index contributed by atoms with van der Waals surface area (Å²) in [5, 5.41) is 20.0. The van der Waals surface area contributed by atoms with E-state index in [0.717, 1.165) is 0 Å². The Hall–Kier alpha value is -1.83. The Morgan fingerprint density at radius 1 is 1.37 bits per heavy atom. The number of carbonyl (C=O) groups is 3. The number of primary amides is 1. The second kappa shape index (κ2) is 9.15. The van der Waals surface area contributed by atoms with Gasteiger partial charge in [-0.3, -0.25) is 4.79 Å². The molecule has 0 aromatic heterocycles. The molecule has 0 radical (unpaired) electrons. The van der Waals surface area contributed by atoms with Gasteiger partial charge in [0.1, 0.15) is 6.04 Å². The molecule has 0 aliphatic rings. The molecule has 0 spiro atoms. The van der Waals surface area contributed by atoms with Crippen LogP contribution in [0.4, 0.5) is 4.79 Å². The van der Waals surface area contributed by atoms with Gasteiger partial charge in [0, 0.05) is 26.1 Å². The number of nitrogens with two attached hydrogens (primary N) is 1. The van der Waals surface area contributed by atoms with Crippen LogP contribution >= 0.6 is 0 Å². The van der Waals surface area contributed by atoms with Gasteiger partial charge in [0.25, 0.3) is 0 Å². The smallest absolute Gasteiger partial charge is 0.326 e. The topological polar surface area (TPSA) is 133 Å². The Bertz CT molecular complexity index is 321. The number of aliphatic hydroxyl groups is 1. The highest BCUT2D eigenvalue weighted by molar-refractivity contribution is 5.83. The van der Waals surface area contributed by atoms with Gasteiger partial charge < -0.3 is 26.2 Å². The lowest BCUT2D eigenvalue weighted by Crippen LogP contribution is -2.48. The van der Waals surface area contributed by atoms with E-state index in [1.165, 1.54) is 4.90 Å². The van der Waals surface area contributed by atoms with Crippen molar-refractivity contribution in [2.75, 3.05) is 19.7 Å². The first-order valence-corrected chi connectivity index (χ1v) is 6.09. The normalized spacial score (nSPS) is 11.7. The van der Waals surface area contributed by atoms with Crippen LogP contribution in [0.25, 0.3) is 0 Å². The quantitative estimate of drug-likeness (QED) is 0.433. The summed E-state index contributed by atoms with van der Waals surface area (Å²) in [6.07, 6.45) is 0.258. The fourth-order valence-corrected chi connectivity index (χ4v) is 1.45. The van der Waals surface area contributed by atoms with Crippen LogP contribution < -0.4 is 11.1 Å². The van der Waals surface area contributed by atoms with Crippen molar-refractivity contribution in [3.05, 3.63) is 0 Å². The first-order chi connectivity index (χ1) is 8.92. The van der Waals surface area contributed by atoms with Crippen molar-refractivity contribution < 1.29 is 24.6 Å². The standard InChI is InChI=1S/C11H21N3O5/c1-2-14(6-3-7-15)11(19)13-8(10(17)18)4-5-9(12)16/h8,15H,2-7H2,1H3,(H2,12,16)(H,13,19)(H,17,18)/t8-/m0/s1. The number of nitrogens with one attached hydrogen (secondary N) is 1. The van der Waals surface area contributed by atoms with Crippen LogP contribution in [-0.4, -0.2) is 58.8 Å². The summed E-state index contributed by atoms with van der Waals surface area (Å²) in [6.45, 7) is 2.43. The van der Waals surface area contributed by atoms with Gasteiger partial charge in [0.15, 0.2) is 0 Å². The highest BCUT2D eigenvalue weighted by atomic mass is 16.4. The predicted octanol–water partition coefficient (Wildman–Crippen LogP) is -0.881. The molecule has 5 N–H and O–H groups in total. The fraction of sp³-hybridized carbons (Fsp3) is 0.727. The molecule has 1 atom stereocenters. The minimum atomic E-state index is -1.21. The lowest BCUT2D eigenvalue weighted by molar-refractivity contribution is -0.139. The van der Waals surface area contributed by atoms with Gasteiger partial charge in [-0.25, -0.2) is 9.59 Å². The van der Waals surface area contributed by atoms with Crippen LogP contribution in [0.15, 0.2) is 0 Å². The van der Waals surface area contributed by atoms with E-state index in [1.807, 2.05) is 0 Å². The third-order valence-corrected chi connectivity index (χ3v) is 2.53. The number of hydrogen-bond donors (Lipinski definition) is 4. The molecule has 0 saturated carbocycles. The SMILES string of the molecule is CCN(CCCO)C(=O)N[C@@H](CCC(N)=O)C(=O)O. The Morgan fingerprint density at radius 3 is 2.42 bits per heavy atom. The van der Waals surface area contributed by atoms with Gasteiger partial charge in [0.05, 0.1) is 0 Å². The van der Waals surface area contributed by atoms with Crippen LogP contribution in [0.2, 0.25) is 0 Å². The molecule has 0 aliphatic heterocycles. The van der Waals surface area contributed by atoms with E-state index in [-0.39, 0.29) is 19.4 Å². The first-order valence-electron chi connectivity index (χ1n) is 6.09. The molecule has 110 valence electrons.